The van der Waals surface area contributed by atoms with Crippen LogP contribution in [0.4, 0.5) is 0 Å². The Morgan fingerprint density at radius 1 is 0.344 bits per heavy atom. The van der Waals surface area contributed by atoms with Gasteiger partial charge in [0.1, 0.15) is 0 Å². The Balaban J connectivity index is 0.000000135. The number of hydrogen-bond acceptors (Lipinski definition) is 0. The van der Waals surface area contributed by atoms with E-state index in [1.165, 1.54) is 46.9 Å². The molecule has 0 aromatic heterocycles. The molecule has 0 aliphatic heterocycles. The van der Waals surface area contributed by atoms with Crippen LogP contribution in [0, 0.1) is 0 Å². The van der Waals surface area contributed by atoms with E-state index in [-0.39, 0.29) is 15.8 Å². The highest BCUT2D eigenvalue weighted by molar-refractivity contribution is 7.74. The lowest BCUT2D eigenvalue weighted by Gasteiger charge is -2.17. The summed E-state index contributed by atoms with van der Waals surface area (Å²) in [6.07, 6.45) is 5.65. The molecular weight excluding hydrogens is 422 g/mol. The van der Waals surface area contributed by atoms with Gasteiger partial charge in [0.2, 0.25) is 0 Å². The van der Waals surface area contributed by atoms with E-state index in [2.05, 4.69) is 121 Å². The predicted octanol–water partition coefficient (Wildman–Crippen LogP) is 6.56. The molecule has 2 heteroatoms. The molecule has 0 atom stereocenters. The fourth-order valence-electron chi connectivity index (χ4n) is 4.16. The first-order valence-corrected chi connectivity index (χ1v) is 14.5. The van der Waals surface area contributed by atoms with Gasteiger partial charge in [-0.05, 0) is 74.1 Å². The van der Waals surface area contributed by atoms with Crippen LogP contribution in [0.3, 0.4) is 0 Å². The largest absolute Gasteiger partial charge is 0.0622 e. The Labute approximate surface area is 195 Å². The van der Waals surface area contributed by atoms with Gasteiger partial charge >= 0.3 is 0 Å². The fourth-order valence-corrected chi connectivity index (χ4v) is 9.75. The lowest BCUT2D eigenvalue weighted by Crippen LogP contribution is -2.14. The van der Waals surface area contributed by atoms with Gasteiger partial charge in [-0.3, -0.25) is 0 Å². The highest BCUT2D eigenvalue weighted by atomic mass is 31.1. The predicted molar refractivity (Wildman–Crippen MR) is 144 cm³/mol. The van der Waals surface area contributed by atoms with Crippen LogP contribution in [0.5, 0.6) is 0 Å². The quantitative estimate of drug-likeness (QED) is 0.291. The second-order valence-corrected chi connectivity index (χ2v) is 13.6. The van der Waals surface area contributed by atoms with Gasteiger partial charge in [-0.25, -0.2) is 0 Å². The van der Waals surface area contributed by atoms with Crippen LogP contribution in [0.1, 0.15) is 25.7 Å². The number of rotatable bonds is 6. The molecule has 0 heterocycles. The summed E-state index contributed by atoms with van der Waals surface area (Å²) in [5.74, 6) is 0. The van der Waals surface area contributed by atoms with E-state index in [0.29, 0.717) is 0 Å². The van der Waals surface area contributed by atoms with Crippen LogP contribution in [-0.4, -0.2) is 11.3 Å². The topological polar surface area (TPSA) is 0 Å². The van der Waals surface area contributed by atoms with Crippen molar-refractivity contribution in [1.29, 1.82) is 0 Å². The Morgan fingerprint density at radius 2 is 0.562 bits per heavy atom. The van der Waals surface area contributed by atoms with Crippen molar-refractivity contribution in [3.05, 3.63) is 121 Å². The third-order valence-corrected chi connectivity index (χ3v) is 11.9. The van der Waals surface area contributed by atoms with Crippen LogP contribution in [0.25, 0.3) is 0 Å². The zero-order valence-corrected chi connectivity index (χ0v) is 20.2. The van der Waals surface area contributed by atoms with Gasteiger partial charge in [0.25, 0.3) is 0 Å². The van der Waals surface area contributed by atoms with E-state index in [1.807, 2.05) is 0 Å². The molecule has 160 valence electrons. The molecule has 0 amide bonds. The molecule has 4 aromatic rings. The molecule has 0 unspecified atom stereocenters. The first-order chi connectivity index (χ1) is 15.9. The lowest BCUT2D eigenvalue weighted by molar-refractivity contribution is 1.49. The first-order valence-electron chi connectivity index (χ1n) is 11.7. The SMILES string of the molecule is c1ccc(P(c2ccccc2)C2CC2)cc1.c1ccc(P(c2ccccc2)C2CC2)cc1. The molecule has 6 rings (SSSR count). The molecule has 0 radical (unpaired) electrons. The highest BCUT2D eigenvalue weighted by Crippen LogP contribution is 2.52. The smallest absolute Gasteiger partial charge is 0.0128 e. The third-order valence-electron chi connectivity index (χ3n) is 5.96. The maximum absolute atomic E-state index is 2.29. The molecule has 0 spiro atoms. The second-order valence-electron chi connectivity index (χ2n) is 8.54. The zero-order valence-electron chi connectivity index (χ0n) is 18.4. The van der Waals surface area contributed by atoms with Gasteiger partial charge in [0.15, 0.2) is 0 Å². The highest BCUT2D eigenvalue weighted by Gasteiger charge is 2.33. The molecule has 32 heavy (non-hydrogen) atoms. The van der Waals surface area contributed by atoms with Crippen molar-refractivity contribution in [3.63, 3.8) is 0 Å². The van der Waals surface area contributed by atoms with Crippen LogP contribution in [0.15, 0.2) is 121 Å². The van der Waals surface area contributed by atoms with Crippen molar-refractivity contribution in [3.8, 4) is 0 Å². The van der Waals surface area contributed by atoms with Crippen molar-refractivity contribution in [1.82, 2.24) is 0 Å². The molecule has 0 N–H and O–H groups in total. The number of hydrogen-bond donors (Lipinski definition) is 0. The van der Waals surface area contributed by atoms with E-state index < -0.39 is 0 Å². The molecule has 2 fully saturated rings. The Hall–Kier alpha value is -2.26. The molecule has 2 aliphatic rings. The summed E-state index contributed by atoms with van der Waals surface area (Å²) in [6.45, 7) is 0. The van der Waals surface area contributed by atoms with Gasteiger partial charge in [-0.1, -0.05) is 121 Å². The number of benzene rings is 4. The first kappa shape index (κ1) is 21.6. The van der Waals surface area contributed by atoms with E-state index in [1.54, 1.807) is 0 Å². The average molecular weight is 453 g/mol. The Bertz CT molecular complexity index is 903. The summed E-state index contributed by atoms with van der Waals surface area (Å²) >= 11 is 0. The van der Waals surface area contributed by atoms with Gasteiger partial charge in [-0.2, -0.15) is 0 Å². The average Bonchev–Trinajstić information content (AvgIpc) is 3.79. The normalized spacial score (nSPS) is 15.3. The maximum Gasteiger partial charge on any atom is -0.0128 e. The molecule has 4 aromatic carbocycles. The van der Waals surface area contributed by atoms with Crippen LogP contribution < -0.4 is 21.2 Å². The Morgan fingerprint density at radius 3 is 0.750 bits per heavy atom. The second kappa shape index (κ2) is 10.6. The molecule has 2 aliphatic carbocycles. The van der Waals surface area contributed by atoms with Gasteiger partial charge in [0.05, 0.1) is 0 Å². The maximum atomic E-state index is 2.29. The molecular formula is C30H30P2. The van der Waals surface area contributed by atoms with Crippen molar-refractivity contribution in [2.24, 2.45) is 0 Å². The third kappa shape index (κ3) is 5.56. The minimum absolute atomic E-state index is 0.0988. The monoisotopic (exact) mass is 452 g/mol. The van der Waals surface area contributed by atoms with Gasteiger partial charge < -0.3 is 0 Å². The molecule has 0 saturated heterocycles. The van der Waals surface area contributed by atoms with Gasteiger partial charge in [0, 0.05) is 0 Å². The summed E-state index contributed by atoms with van der Waals surface area (Å²) in [5.41, 5.74) is 1.86. The minimum Gasteiger partial charge on any atom is -0.0622 e. The Kier molecular flexibility index (Phi) is 7.13. The molecule has 2 saturated carbocycles. The standard InChI is InChI=1S/2C15H15P/c2*1-3-7-13(8-4-1)16(15-11-12-15)14-9-5-2-6-10-14/h2*1-10,15H,11-12H2. The van der Waals surface area contributed by atoms with Crippen molar-refractivity contribution < 1.29 is 0 Å². The van der Waals surface area contributed by atoms with Crippen molar-refractivity contribution in [2.75, 3.05) is 0 Å². The van der Waals surface area contributed by atoms with Crippen molar-refractivity contribution >= 4 is 37.1 Å². The van der Waals surface area contributed by atoms with E-state index >= 15 is 0 Å². The lowest BCUT2D eigenvalue weighted by atomic mass is 10.4. The minimum atomic E-state index is -0.0988. The van der Waals surface area contributed by atoms with E-state index in [4.69, 9.17) is 0 Å². The molecule has 0 nitrogen and oxygen atoms in total. The van der Waals surface area contributed by atoms with Crippen LogP contribution in [0.2, 0.25) is 0 Å². The molecule has 0 bridgehead atoms. The summed E-state index contributed by atoms with van der Waals surface area (Å²) in [6, 6.07) is 44.0. The van der Waals surface area contributed by atoms with E-state index in [9.17, 15) is 0 Å². The zero-order chi connectivity index (χ0) is 21.6. The van der Waals surface area contributed by atoms with Crippen LogP contribution in [-0.2, 0) is 0 Å². The summed E-state index contributed by atoms with van der Waals surface area (Å²) in [4.78, 5) is 0. The van der Waals surface area contributed by atoms with Crippen molar-refractivity contribution in [2.45, 2.75) is 37.0 Å². The summed E-state index contributed by atoms with van der Waals surface area (Å²) in [5, 5.41) is 6.13. The van der Waals surface area contributed by atoms with Crippen LogP contribution >= 0.6 is 15.8 Å². The fraction of sp³-hybridized carbons (Fsp3) is 0.200. The summed E-state index contributed by atoms with van der Waals surface area (Å²) in [7, 11) is -0.198. The summed E-state index contributed by atoms with van der Waals surface area (Å²) < 4.78 is 0. The van der Waals surface area contributed by atoms with Gasteiger partial charge in [-0.15, -0.1) is 0 Å². The van der Waals surface area contributed by atoms with E-state index in [0.717, 1.165) is 11.3 Å².